The van der Waals surface area contributed by atoms with Crippen LogP contribution in [-0.2, 0) is 20.7 Å². The molecule has 1 atom stereocenters. The molecule has 0 aromatic heterocycles. The van der Waals surface area contributed by atoms with Crippen LogP contribution in [0, 0.1) is 5.92 Å². The molecule has 0 aliphatic carbocycles. The van der Waals surface area contributed by atoms with Gasteiger partial charge in [-0.2, -0.15) is 0 Å². The molecule has 1 rings (SSSR count). The standard InChI is InChI=1S/C15H18Cl2O3/c1-3-4-6-10(15(19)20-2)14(18)9-11-12(16)7-5-8-13(11)17/h5,7-8,10H,3-4,6,9H2,1-2H3. The Morgan fingerprint density at radius 2 is 1.85 bits per heavy atom. The highest BCUT2D eigenvalue weighted by molar-refractivity contribution is 6.36. The molecule has 0 spiro atoms. The number of methoxy groups -OCH3 is 1. The molecule has 0 fully saturated rings. The molecule has 5 heteroatoms. The number of hydrogen-bond donors (Lipinski definition) is 0. The predicted molar refractivity (Wildman–Crippen MR) is 80.2 cm³/mol. The molecule has 1 aromatic rings. The lowest BCUT2D eigenvalue weighted by atomic mass is 9.93. The zero-order valence-electron chi connectivity index (χ0n) is 11.6. The summed E-state index contributed by atoms with van der Waals surface area (Å²) in [6, 6.07) is 5.07. The fourth-order valence-electron chi connectivity index (χ4n) is 1.96. The van der Waals surface area contributed by atoms with Crippen molar-refractivity contribution in [3.63, 3.8) is 0 Å². The van der Waals surface area contributed by atoms with Gasteiger partial charge in [0.25, 0.3) is 0 Å². The van der Waals surface area contributed by atoms with Crippen LogP contribution in [0.4, 0.5) is 0 Å². The zero-order valence-corrected chi connectivity index (χ0v) is 13.1. The third kappa shape index (κ3) is 4.50. The van der Waals surface area contributed by atoms with Crippen molar-refractivity contribution in [3.8, 4) is 0 Å². The van der Waals surface area contributed by atoms with Crippen molar-refractivity contribution >= 4 is 35.0 Å². The molecular weight excluding hydrogens is 299 g/mol. The Kier molecular flexibility index (Phi) is 7.03. The van der Waals surface area contributed by atoms with Crippen LogP contribution in [0.2, 0.25) is 10.0 Å². The van der Waals surface area contributed by atoms with Crippen molar-refractivity contribution in [2.45, 2.75) is 32.6 Å². The molecule has 1 unspecified atom stereocenters. The first-order valence-corrected chi connectivity index (χ1v) is 7.30. The first-order chi connectivity index (χ1) is 9.51. The number of carbonyl (C=O) groups is 2. The molecule has 0 N–H and O–H groups in total. The van der Waals surface area contributed by atoms with E-state index in [1.807, 2.05) is 6.92 Å². The Hall–Kier alpha value is -1.06. The van der Waals surface area contributed by atoms with Crippen LogP contribution in [0.15, 0.2) is 18.2 Å². The summed E-state index contributed by atoms with van der Waals surface area (Å²) in [5.74, 6) is -1.45. The third-order valence-corrected chi connectivity index (χ3v) is 3.84. The molecule has 0 heterocycles. The maximum atomic E-state index is 12.3. The van der Waals surface area contributed by atoms with Gasteiger partial charge in [-0.15, -0.1) is 0 Å². The van der Waals surface area contributed by atoms with E-state index < -0.39 is 11.9 Å². The summed E-state index contributed by atoms with van der Waals surface area (Å²) in [6.07, 6.45) is 2.24. The van der Waals surface area contributed by atoms with E-state index in [4.69, 9.17) is 27.9 Å². The minimum atomic E-state index is -0.743. The van der Waals surface area contributed by atoms with E-state index in [1.54, 1.807) is 18.2 Å². The number of hydrogen-bond acceptors (Lipinski definition) is 3. The fourth-order valence-corrected chi connectivity index (χ4v) is 2.49. The molecule has 3 nitrogen and oxygen atoms in total. The quantitative estimate of drug-likeness (QED) is 0.562. The monoisotopic (exact) mass is 316 g/mol. The van der Waals surface area contributed by atoms with E-state index in [0.29, 0.717) is 22.0 Å². The van der Waals surface area contributed by atoms with Gasteiger partial charge in [0.2, 0.25) is 0 Å². The number of esters is 1. The van der Waals surface area contributed by atoms with E-state index in [1.165, 1.54) is 7.11 Å². The number of rotatable bonds is 7. The zero-order chi connectivity index (χ0) is 15.1. The highest BCUT2D eigenvalue weighted by Crippen LogP contribution is 2.26. The second kappa shape index (κ2) is 8.28. The smallest absolute Gasteiger partial charge is 0.316 e. The van der Waals surface area contributed by atoms with Crippen molar-refractivity contribution in [2.75, 3.05) is 7.11 Å². The van der Waals surface area contributed by atoms with Crippen molar-refractivity contribution in [3.05, 3.63) is 33.8 Å². The number of Topliss-reactive ketones (excluding diaryl/α,β-unsaturated/α-hetero) is 1. The first kappa shape index (κ1) is 17.0. The second-order valence-corrected chi connectivity index (χ2v) is 5.38. The fraction of sp³-hybridized carbons (Fsp3) is 0.467. The molecule has 0 radical (unpaired) electrons. The van der Waals surface area contributed by atoms with Gasteiger partial charge in [-0.3, -0.25) is 9.59 Å². The average Bonchev–Trinajstić information content (AvgIpc) is 2.43. The number of unbranched alkanes of at least 4 members (excludes halogenated alkanes) is 1. The largest absolute Gasteiger partial charge is 0.468 e. The molecule has 110 valence electrons. The lowest BCUT2D eigenvalue weighted by molar-refractivity contribution is -0.149. The summed E-state index contributed by atoms with van der Waals surface area (Å²) in [7, 11) is 1.29. The Morgan fingerprint density at radius 1 is 1.25 bits per heavy atom. The highest BCUT2D eigenvalue weighted by atomic mass is 35.5. The van der Waals surface area contributed by atoms with E-state index in [-0.39, 0.29) is 12.2 Å². The Balaban J connectivity index is 2.87. The van der Waals surface area contributed by atoms with Gasteiger partial charge in [0.05, 0.1) is 7.11 Å². The predicted octanol–water partition coefficient (Wildman–Crippen LogP) is 4.08. The topological polar surface area (TPSA) is 43.4 Å². The second-order valence-electron chi connectivity index (χ2n) is 4.56. The summed E-state index contributed by atoms with van der Waals surface area (Å²) in [6.45, 7) is 2.00. The number of carbonyl (C=O) groups excluding carboxylic acids is 2. The van der Waals surface area contributed by atoms with Gasteiger partial charge in [-0.05, 0) is 24.1 Å². The van der Waals surface area contributed by atoms with Gasteiger partial charge >= 0.3 is 5.97 Å². The minimum absolute atomic E-state index is 0.0436. The minimum Gasteiger partial charge on any atom is -0.468 e. The molecule has 0 bridgehead atoms. The lowest BCUT2D eigenvalue weighted by Crippen LogP contribution is -2.27. The molecule has 20 heavy (non-hydrogen) atoms. The van der Waals surface area contributed by atoms with Crippen LogP contribution in [0.5, 0.6) is 0 Å². The van der Waals surface area contributed by atoms with Gasteiger partial charge in [-0.25, -0.2) is 0 Å². The van der Waals surface area contributed by atoms with Crippen LogP contribution < -0.4 is 0 Å². The summed E-state index contributed by atoms with van der Waals surface area (Å²) in [5.41, 5.74) is 0.561. The molecule has 0 amide bonds. The molecule has 0 saturated carbocycles. The molecule has 1 aromatic carbocycles. The Labute approximate surface area is 129 Å². The van der Waals surface area contributed by atoms with E-state index in [2.05, 4.69) is 0 Å². The van der Waals surface area contributed by atoms with Crippen LogP contribution in [-0.4, -0.2) is 18.9 Å². The van der Waals surface area contributed by atoms with Crippen LogP contribution in [0.25, 0.3) is 0 Å². The molecular formula is C15H18Cl2O3. The van der Waals surface area contributed by atoms with E-state index in [9.17, 15) is 9.59 Å². The first-order valence-electron chi connectivity index (χ1n) is 6.54. The number of ether oxygens (including phenoxy) is 1. The van der Waals surface area contributed by atoms with Crippen LogP contribution in [0.3, 0.4) is 0 Å². The van der Waals surface area contributed by atoms with Gasteiger partial charge < -0.3 is 4.74 Å². The molecule has 0 saturated heterocycles. The van der Waals surface area contributed by atoms with Crippen LogP contribution >= 0.6 is 23.2 Å². The van der Waals surface area contributed by atoms with Crippen LogP contribution in [0.1, 0.15) is 31.7 Å². The van der Waals surface area contributed by atoms with Gasteiger partial charge in [-0.1, -0.05) is 49.0 Å². The Morgan fingerprint density at radius 3 is 2.35 bits per heavy atom. The van der Waals surface area contributed by atoms with E-state index in [0.717, 1.165) is 12.8 Å². The average molecular weight is 317 g/mol. The SMILES string of the molecule is CCCCC(C(=O)Cc1c(Cl)cccc1Cl)C(=O)OC. The third-order valence-electron chi connectivity index (χ3n) is 3.13. The van der Waals surface area contributed by atoms with E-state index >= 15 is 0 Å². The van der Waals surface area contributed by atoms with Crippen molar-refractivity contribution in [2.24, 2.45) is 5.92 Å². The lowest BCUT2D eigenvalue weighted by Gasteiger charge is -2.14. The summed E-state index contributed by atoms with van der Waals surface area (Å²) < 4.78 is 4.70. The van der Waals surface area contributed by atoms with Crippen molar-refractivity contribution in [1.82, 2.24) is 0 Å². The van der Waals surface area contributed by atoms with Crippen molar-refractivity contribution in [1.29, 1.82) is 0 Å². The van der Waals surface area contributed by atoms with Gasteiger partial charge in [0.15, 0.2) is 5.78 Å². The Bertz CT molecular complexity index is 466. The summed E-state index contributed by atoms with van der Waals surface area (Å²) >= 11 is 12.1. The normalized spacial score (nSPS) is 12.0. The highest BCUT2D eigenvalue weighted by Gasteiger charge is 2.27. The number of halogens is 2. The van der Waals surface area contributed by atoms with Gasteiger partial charge in [0, 0.05) is 16.5 Å². The van der Waals surface area contributed by atoms with Gasteiger partial charge in [0.1, 0.15) is 5.92 Å². The molecule has 0 aliphatic rings. The van der Waals surface area contributed by atoms with Crippen molar-refractivity contribution < 1.29 is 14.3 Å². The number of ketones is 1. The maximum absolute atomic E-state index is 12.3. The summed E-state index contributed by atoms with van der Waals surface area (Å²) in [4.78, 5) is 24.0. The number of benzene rings is 1. The maximum Gasteiger partial charge on any atom is 0.316 e. The summed E-state index contributed by atoms with van der Waals surface area (Å²) in [5, 5.41) is 0.870. The molecule has 0 aliphatic heterocycles.